The second-order valence-electron chi connectivity index (χ2n) is 3.16. The predicted octanol–water partition coefficient (Wildman–Crippen LogP) is 2.02. The van der Waals surface area contributed by atoms with Gasteiger partial charge in [0.1, 0.15) is 0 Å². The van der Waals surface area contributed by atoms with Gasteiger partial charge in [-0.3, -0.25) is 4.79 Å². The molecule has 0 aliphatic rings. The third kappa shape index (κ3) is 1.66. The average molecular weight is 205 g/mol. The van der Waals surface area contributed by atoms with E-state index < -0.39 is 17.3 Å². The molecule has 0 bridgehead atoms. The Labute approximate surface area is 79.0 Å². The molecule has 1 rings (SSSR count). The van der Waals surface area contributed by atoms with Gasteiger partial charge in [0.05, 0.1) is 5.56 Å². The Morgan fingerprint density at radius 1 is 1.29 bits per heavy atom. The number of alkyl halides is 3. The summed E-state index contributed by atoms with van der Waals surface area (Å²) in [6, 6.07) is 0.627. The van der Waals surface area contributed by atoms with Crippen LogP contribution in [0.4, 0.5) is 13.2 Å². The van der Waals surface area contributed by atoms with Gasteiger partial charge in [-0.05, 0) is 19.4 Å². The zero-order valence-electron chi connectivity index (χ0n) is 8.07. The van der Waals surface area contributed by atoms with E-state index in [2.05, 4.69) is 0 Å². The van der Waals surface area contributed by atoms with Crippen LogP contribution in [-0.4, -0.2) is 4.57 Å². The summed E-state index contributed by atoms with van der Waals surface area (Å²) in [6.07, 6.45) is -4.46. The lowest BCUT2D eigenvalue weighted by molar-refractivity contribution is -0.138. The van der Waals surface area contributed by atoms with E-state index in [1.165, 1.54) is 25.5 Å². The van der Waals surface area contributed by atoms with Gasteiger partial charge in [-0.25, -0.2) is 0 Å². The largest absolute Gasteiger partial charge is 0.416 e. The Bertz CT molecular complexity index is 417. The molecule has 0 saturated heterocycles. The van der Waals surface area contributed by atoms with Crippen molar-refractivity contribution in [1.82, 2.24) is 4.57 Å². The molecular weight excluding hydrogens is 195 g/mol. The van der Waals surface area contributed by atoms with Crippen LogP contribution in [0.5, 0.6) is 0 Å². The second-order valence-corrected chi connectivity index (χ2v) is 3.16. The minimum Gasteiger partial charge on any atom is -0.316 e. The maximum atomic E-state index is 12.4. The zero-order chi connectivity index (χ0) is 11.1. The van der Waals surface area contributed by atoms with Gasteiger partial charge < -0.3 is 4.57 Å². The predicted molar refractivity (Wildman–Crippen MR) is 46.2 cm³/mol. The molecule has 0 atom stereocenters. The fraction of sp³-hybridized carbons (Fsp3) is 0.444. The fourth-order valence-electron chi connectivity index (χ4n) is 1.23. The molecular formula is C9H10F3NO. The van der Waals surface area contributed by atoms with Crippen LogP contribution >= 0.6 is 0 Å². The smallest absolute Gasteiger partial charge is 0.316 e. The van der Waals surface area contributed by atoms with Crippen molar-refractivity contribution in [3.63, 3.8) is 0 Å². The van der Waals surface area contributed by atoms with E-state index >= 15 is 0 Å². The lowest BCUT2D eigenvalue weighted by Crippen LogP contribution is -2.23. The molecule has 0 aliphatic heterocycles. The Kier molecular flexibility index (Phi) is 2.43. The van der Waals surface area contributed by atoms with Gasteiger partial charge >= 0.3 is 6.18 Å². The third-order valence-electron chi connectivity index (χ3n) is 2.35. The quantitative estimate of drug-likeness (QED) is 0.635. The van der Waals surface area contributed by atoms with Gasteiger partial charge in [0.2, 0.25) is 0 Å². The molecule has 0 fully saturated rings. The first-order valence-corrected chi connectivity index (χ1v) is 3.99. The van der Waals surface area contributed by atoms with E-state index in [-0.39, 0.29) is 5.56 Å². The second kappa shape index (κ2) is 3.15. The summed E-state index contributed by atoms with van der Waals surface area (Å²) in [7, 11) is 1.45. The van der Waals surface area contributed by atoms with Gasteiger partial charge in [-0.2, -0.15) is 13.2 Å². The van der Waals surface area contributed by atoms with Gasteiger partial charge in [-0.1, -0.05) is 0 Å². The highest BCUT2D eigenvalue weighted by atomic mass is 19.4. The molecule has 5 heteroatoms. The van der Waals surface area contributed by atoms with Crippen molar-refractivity contribution in [2.24, 2.45) is 7.05 Å². The number of rotatable bonds is 0. The molecule has 0 saturated carbocycles. The Balaban J connectivity index is 3.57. The van der Waals surface area contributed by atoms with E-state index in [4.69, 9.17) is 0 Å². The number of aromatic nitrogens is 1. The molecule has 0 spiro atoms. The first-order valence-electron chi connectivity index (χ1n) is 3.99. The van der Waals surface area contributed by atoms with Crippen molar-refractivity contribution in [1.29, 1.82) is 0 Å². The molecule has 0 radical (unpaired) electrons. The summed E-state index contributed by atoms with van der Waals surface area (Å²) in [5.41, 5.74) is -1.05. The van der Waals surface area contributed by atoms with Crippen molar-refractivity contribution < 1.29 is 13.2 Å². The van der Waals surface area contributed by atoms with Gasteiger partial charge in [0.25, 0.3) is 5.56 Å². The van der Waals surface area contributed by atoms with E-state index in [1.54, 1.807) is 0 Å². The molecule has 0 aromatic carbocycles. The topological polar surface area (TPSA) is 22.0 Å². The van der Waals surface area contributed by atoms with Crippen LogP contribution in [0.1, 0.15) is 16.8 Å². The van der Waals surface area contributed by atoms with Crippen LogP contribution in [-0.2, 0) is 13.2 Å². The van der Waals surface area contributed by atoms with Crippen LogP contribution in [0.25, 0.3) is 0 Å². The lowest BCUT2D eigenvalue weighted by atomic mass is 10.1. The zero-order valence-corrected chi connectivity index (χ0v) is 8.07. The van der Waals surface area contributed by atoms with E-state index in [0.29, 0.717) is 11.8 Å². The summed E-state index contributed by atoms with van der Waals surface area (Å²) in [5, 5.41) is 0. The molecule has 1 aromatic heterocycles. The molecule has 1 heterocycles. The Morgan fingerprint density at radius 3 is 2.21 bits per heavy atom. The van der Waals surface area contributed by atoms with Crippen molar-refractivity contribution in [2.45, 2.75) is 20.0 Å². The van der Waals surface area contributed by atoms with Gasteiger partial charge in [0.15, 0.2) is 0 Å². The molecule has 1 aromatic rings. The van der Waals surface area contributed by atoms with Crippen LogP contribution in [0.15, 0.2) is 10.9 Å². The van der Waals surface area contributed by atoms with Crippen molar-refractivity contribution in [2.75, 3.05) is 0 Å². The number of halogens is 3. The minimum atomic E-state index is -4.46. The maximum absolute atomic E-state index is 12.4. The highest BCUT2D eigenvalue weighted by Gasteiger charge is 2.33. The number of hydrogen-bond donors (Lipinski definition) is 0. The van der Waals surface area contributed by atoms with Gasteiger partial charge in [-0.15, -0.1) is 0 Å². The molecule has 0 amide bonds. The molecule has 14 heavy (non-hydrogen) atoms. The molecule has 78 valence electrons. The Hall–Kier alpha value is -1.26. The van der Waals surface area contributed by atoms with Crippen molar-refractivity contribution in [3.8, 4) is 0 Å². The van der Waals surface area contributed by atoms with E-state index in [9.17, 15) is 18.0 Å². The first-order chi connectivity index (χ1) is 6.25. The SMILES string of the molecule is Cc1c(C(F)(F)F)cc(=O)n(C)c1C. The van der Waals surface area contributed by atoms with Crippen LogP contribution < -0.4 is 5.56 Å². The fourth-order valence-corrected chi connectivity index (χ4v) is 1.23. The normalized spacial score (nSPS) is 11.9. The van der Waals surface area contributed by atoms with E-state index in [0.717, 1.165) is 0 Å². The number of nitrogens with zero attached hydrogens (tertiary/aromatic N) is 1. The van der Waals surface area contributed by atoms with Crippen LogP contribution in [0, 0.1) is 13.8 Å². The standard InChI is InChI=1S/C9H10F3NO/c1-5-6(2)13(3)8(14)4-7(5)9(10,11)12/h4H,1-3H3. The lowest BCUT2D eigenvalue weighted by Gasteiger charge is -2.14. The van der Waals surface area contributed by atoms with E-state index in [1.807, 2.05) is 0 Å². The van der Waals surface area contributed by atoms with Crippen LogP contribution in [0.2, 0.25) is 0 Å². The summed E-state index contributed by atoms with van der Waals surface area (Å²) >= 11 is 0. The molecule has 0 unspecified atom stereocenters. The maximum Gasteiger partial charge on any atom is 0.416 e. The summed E-state index contributed by atoms with van der Waals surface area (Å²) in [6.45, 7) is 2.85. The number of pyridine rings is 1. The van der Waals surface area contributed by atoms with Crippen molar-refractivity contribution >= 4 is 0 Å². The summed E-state index contributed by atoms with van der Waals surface area (Å²) in [5.74, 6) is 0. The average Bonchev–Trinajstić information content (AvgIpc) is 2.06. The Morgan fingerprint density at radius 2 is 1.79 bits per heavy atom. The van der Waals surface area contributed by atoms with Gasteiger partial charge in [0, 0.05) is 18.8 Å². The summed E-state index contributed by atoms with van der Waals surface area (Å²) < 4.78 is 38.4. The molecule has 2 nitrogen and oxygen atoms in total. The highest BCUT2D eigenvalue weighted by molar-refractivity contribution is 5.31. The van der Waals surface area contributed by atoms with Crippen LogP contribution in [0.3, 0.4) is 0 Å². The minimum absolute atomic E-state index is 0.0969. The first kappa shape index (κ1) is 10.8. The monoisotopic (exact) mass is 205 g/mol. The summed E-state index contributed by atoms with van der Waals surface area (Å²) in [4.78, 5) is 11.1. The molecule has 0 N–H and O–H groups in total. The van der Waals surface area contributed by atoms with Crippen molar-refractivity contribution in [3.05, 3.63) is 33.2 Å². The number of hydrogen-bond acceptors (Lipinski definition) is 1. The third-order valence-corrected chi connectivity index (χ3v) is 2.35. The highest BCUT2D eigenvalue weighted by Crippen LogP contribution is 2.31. The molecule has 0 aliphatic carbocycles.